The standard InChI is InChI=1S/C16H14O5/c1-3-13-15(19-7-5-17-13)9-11(1)21-12-2-4-14-16(10-12)20-8-6-18-14/h1-4,9-10H,5-8H2. The molecule has 2 aromatic rings. The number of fused-ring (bicyclic) bond motifs is 2. The van der Waals surface area contributed by atoms with Gasteiger partial charge in [-0.1, -0.05) is 0 Å². The van der Waals surface area contributed by atoms with Gasteiger partial charge in [0.05, 0.1) is 0 Å². The largest absolute Gasteiger partial charge is 0.486 e. The molecule has 0 aromatic heterocycles. The topological polar surface area (TPSA) is 46.2 Å². The fourth-order valence-electron chi connectivity index (χ4n) is 2.31. The van der Waals surface area contributed by atoms with E-state index in [0.717, 1.165) is 11.5 Å². The van der Waals surface area contributed by atoms with Gasteiger partial charge in [0.2, 0.25) is 0 Å². The summed E-state index contributed by atoms with van der Waals surface area (Å²) in [4.78, 5) is 0. The quantitative estimate of drug-likeness (QED) is 0.849. The first kappa shape index (κ1) is 12.2. The highest BCUT2D eigenvalue weighted by molar-refractivity contribution is 5.50. The van der Waals surface area contributed by atoms with Crippen LogP contribution in [0.5, 0.6) is 34.5 Å². The van der Waals surface area contributed by atoms with Gasteiger partial charge in [-0.25, -0.2) is 0 Å². The summed E-state index contributed by atoms with van der Waals surface area (Å²) in [5, 5.41) is 0. The predicted molar refractivity (Wildman–Crippen MR) is 74.9 cm³/mol. The van der Waals surface area contributed by atoms with Crippen molar-refractivity contribution >= 4 is 0 Å². The highest BCUT2D eigenvalue weighted by Gasteiger charge is 2.15. The maximum atomic E-state index is 5.84. The van der Waals surface area contributed by atoms with Gasteiger partial charge >= 0.3 is 0 Å². The van der Waals surface area contributed by atoms with E-state index in [-0.39, 0.29) is 0 Å². The Labute approximate surface area is 122 Å². The summed E-state index contributed by atoms with van der Waals surface area (Å²) in [7, 11) is 0. The van der Waals surface area contributed by atoms with E-state index in [2.05, 4.69) is 0 Å². The van der Waals surface area contributed by atoms with Gasteiger partial charge in [0.25, 0.3) is 0 Å². The summed E-state index contributed by atoms with van der Waals surface area (Å²) < 4.78 is 27.9. The van der Waals surface area contributed by atoms with Crippen LogP contribution in [0.3, 0.4) is 0 Å². The van der Waals surface area contributed by atoms with Gasteiger partial charge in [-0.15, -0.1) is 0 Å². The molecule has 2 heterocycles. The van der Waals surface area contributed by atoms with Crippen molar-refractivity contribution in [2.75, 3.05) is 26.4 Å². The second-order valence-corrected chi connectivity index (χ2v) is 4.71. The lowest BCUT2D eigenvalue weighted by Gasteiger charge is -2.20. The van der Waals surface area contributed by atoms with Gasteiger partial charge in [0.1, 0.15) is 37.9 Å². The molecule has 5 nitrogen and oxygen atoms in total. The zero-order valence-corrected chi connectivity index (χ0v) is 11.3. The van der Waals surface area contributed by atoms with Gasteiger partial charge in [-0.3, -0.25) is 0 Å². The van der Waals surface area contributed by atoms with Crippen LogP contribution in [0.2, 0.25) is 0 Å². The minimum Gasteiger partial charge on any atom is -0.486 e. The van der Waals surface area contributed by atoms with Crippen molar-refractivity contribution in [1.82, 2.24) is 0 Å². The van der Waals surface area contributed by atoms with Crippen molar-refractivity contribution in [2.24, 2.45) is 0 Å². The lowest BCUT2D eigenvalue weighted by molar-refractivity contribution is 0.170. The molecule has 0 aliphatic carbocycles. The molecule has 0 saturated heterocycles. The van der Waals surface area contributed by atoms with Crippen LogP contribution >= 0.6 is 0 Å². The second kappa shape index (κ2) is 5.09. The van der Waals surface area contributed by atoms with Crippen LogP contribution in [0.1, 0.15) is 0 Å². The molecule has 2 aliphatic rings. The summed E-state index contributed by atoms with van der Waals surface area (Å²) in [5.41, 5.74) is 0. The maximum Gasteiger partial charge on any atom is 0.165 e. The number of rotatable bonds is 2. The molecule has 108 valence electrons. The average Bonchev–Trinajstić information content (AvgIpc) is 2.55. The van der Waals surface area contributed by atoms with Gasteiger partial charge < -0.3 is 23.7 Å². The van der Waals surface area contributed by atoms with Crippen molar-refractivity contribution in [3.8, 4) is 34.5 Å². The van der Waals surface area contributed by atoms with Crippen LogP contribution in [0.15, 0.2) is 36.4 Å². The Hall–Kier alpha value is -2.56. The maximum absolute atomic E-state index is 5.84. The van der Waals surface area contributed by atoms with Gasteiger partial charge in [0.15, 0.2) is 23.0 Å². The zero-order valence-electron chi connectivity index (χ0n) is 11.3. The molecule has 0 bridgehead atoms. The molecular weight excluding hydrogens is 272 g/mol. The number of hydrogen-bond donors (Lipinski definition) is 0. The zero-order chi connectivity index (χ0) is 14.1. The molecule has 2 aromatic carbocycles. The Morgan fingerprint density at radius 1 is 0.571 bits per heavy atom. The summed E-state index contributed by atoms with van der Waals surface area (Å²) in [5.74, 6) is 4.28. The van der Waals surface area contributed by atoms with Crippen LogP contribution in [-0.4, -0.2) is 26.4 Å². The first-order valence-electron chi connectivity index (χ1n) is 6.86. The fourth-order valence-corrected chi connectivity index (χ4v) is 2.31. The molecule has 4 rings (SSSR count). The number of ether oxygens (including phenoxy) is 5. The van der Waals surface area contributed by atoms with Crippen LogP contribution in [0.25, 0.3) is 0 Å². The SMILES string of the molecule is c1cc2c(cc1Oc1ccc3c(c1)OCCO3)OCCO2. The van der Waals surface area contributed by atoms with Crippen LogP contribution in [-0.2, 0) is 0 Å². The molecule has 5 heteroatoms. The lowest BCUT2D eigenvalue weighted by Crippen LogP contribution is -2.15. The summed E-state index contributed by atoms with van der Waals surface area (Å²) in [6, 6.07) is 11.1. The second-order valence-electron chi connectivity index (χ2n) is 4.71. The normalized spacial score (nSPS) is 15.4. The Morgan fingerprint density at radius 3 is 1.48 bits per heavy atom. The van der Waals surface area contributed by atoms with E-state index in [1.807, 2.05) is 36.4 Å². The highest BCUT2D eigenvalue weighted by atomic mass is 16.6. The molecule has 0 radical (unpaired) electrons. The molecule has 0 fully saturated rings. The Morgan fingerprint density at radius 2 is 1.00 bits per heavy atom. The van der Waals surface area contributed by atoms with E-state index in [0.29, 0.717) is 49.4 Å². The third-order valence-corrected chi connectivity index (χ3v) is 3.26. The molecule has 0 unspecified atom stereocenters. The summed E-state index contributed by atoms with van der Waals surface area (Å²) in [6.07, 6.45) is 0. The van der Waals surface area contributed by atoms with E-state index >= 15 is 0 Å². The third-order valence-electron chi connectivity index (χ3n) is 3.26. The lowest BCUT2D eigenvalue weighted by atomic mass is 10.2. The minimum atomic E-state index is 0.556. The molecular formula is C16H14O5. The Kier molecular flexibility index (Phi) is 2.96. The monoisotopic (exact) mass is 286 g/mol. The number of hydrogen-bond acceptors (Lipinski definition) is 5. The van der Waals surface area contributed by atoms with E-state index in [4.69, 9.17) is 23.7 Å². The van der Waals surface area contributed by atoms with Crippen molar-refractivity contribution in [1.29, 1.82) is 0 Å². The molecule has 21 heavy (non-hydrogen) atoms. The Bertz CT molecular complexity index is 610. The van der Waals surface area contributed by atoms with E-state index in [1.54, 1.807) is 0 Å². The molecule has 0 atom stereocenters. The molecule has 0 N–H and O–H groups in total. The Balaban J connectivity index is 1.58. The first-order chi connectivity index (χ1) is 10.4. The van der Waals surface area contributed by atoms with E-state index < -0.39 is 0 Å². The molecule has 0 spiro atoms. The molecule has 2 aliphatic heterocycles. The van der Waals surface area contributed by atoms with Crippen LogP contribution in [0, 0.1) is 0 Å². The van der Waals surface area contributed by atoms with Gasteiger partial charge in [-0.05, 0) is 24.3 Å². The van der Waals surface area contributed by atoms with Gasteiger partial charge in [0, 0.05) is 12.1 Å². The third kappa shape index (κ3) is 2.42. The molecule has 0 saturated carbocycles. The first-order valence-corrected chi connectivity index (χ1v) is 6.86. The smallest absolute Gasteiger partial charge is 0.165 e. The van der Waals surface area contributed by atoms with Gasteiger partial charge in [-0.2, -0.15) is 0 Å². The predicted octanol–water partition coefficient (Wildman–Crippen LogP) is 3.02. The summed E-state index contributed by atoms with van der Waals surface area (Å²) >= 11 is 0. The van der Waals surface area contributed by atoms with Crippen molar-refractivity contribution in [3.05, 3.63) is 36.4 Å². The average molecular weight is 286 g/mol. The van der Waals surface area contributed by atoms with Crippen LogP contribution in [0.4, 0.5) is 0 Å². The number of benzene rings is 2. The van der Waals surface area contributed by atoms with E-state index in [1.165, 1.54) is 0 Å². The van der Waals surface area contributed by atoms with Crippen molar-refractivity contribution < 1.29 is 23.7 Å². The van der Waals surface area contributed by atoms with Crippen molar-refractivity contribution in [2.45, 2.75) is 0 Å². The summed E-state index contributed by atoms with van der Waals surface area (Å²) in [6.45, 7) is 2.27. The highest BCUT2D eigenvalue weighted by Crippen LogP contribution is 2.38. The molecule has 0 amide bonds. The fraction of sp³-hybridized carbons (Fsp3) is 0.250. The van der Waals surface area contributed by atoms with Crippen LogP contribution < -0.4 is 23.7 Å². The van der Waals surface area contributed by atoms with Crippen molar-refractivity contribution in [3.63, 3.8) is 0 Å². The van der Waals surface area contributed by atoms with E-state index in [9.17, 15) is 0 Å². The minimum absolute atomic E-state index is 0.556.